The van der Waals surface area contributed by atoms with Gasteiger partial charge in [-0.25, -0.2) is 4.98 Å². The second kappa shape index (κ2) is 7.76. The van der Waals surface area contributed by atoms with Crippen LogP contribution in [0.5, 0.6) is 0 Å². The van der Waals surface area contributed by atoms with Gasteiger partial charge in [0.2, 0.25) is 0 Å². The number of carbonyl (C=O) groups is 1. The van der Waals surface area contributed by atoms with Gasteiger partial charge in [-0.1, -0.05) is 17.7 Å². The topological polar surface area (TPSA) is 66.6 Å². The van der Waals surface area contributed by atoms with Crippen molar-refractivity contribution >= 4 is 29.0 Å². The molecule has 150 valence electrons. The molecule has 0 bridgehead atoms. The highest BCUT2D eigenvalue weighted by atomic mass is 35.5. The number of carbonyl (C=O) groups excluding carboxylic acids is 1. The predicted molar refractivity (Wildman–Crippen MR) is 116 cm³/mol. The van der Waals surface area contributed by atoms with Crippen molar-refractivity contribution in [2.24, 2.45) is 0 Å². The number of rotatable bonds is 3. The monoisotopic (exact) mass is 418 g/mol. The highest BCUT2D eigenvalue weighted by Gasteiger charge is 2.23. The zero-order chi connectivity index (χ0) is 20.5. The summed E-state index contributed by atoms with van der Waals surface area (Å²) in [7, 11) is 0. The van der Waals surface area contributed by atoms with E-state index in [9.17, 15) is 4.79 Å². The molecule has 1 amide bonds. The summed E-state index contributed by atoms with van der Waals surface area (Å²) in [6, 6.07) is 16.9. The Hall–Kier alpha value is -3.45. The summed E-state index contributed by atoms with van der Waals surface area (Å²) < 4.78 is 1.87. The second-order valence-corrected chi connectivity index (χ2v) is 7.58. The Balaban J connectivity index is 1.33. The van der Waals surface area contributed by atoms with Crippen LogP contribution in [0.1, 0.15) is 10.4 Å². The fourth-order valence-electron chi connectivity index (χ4n) is 3.68. The van der Waals surface area contributed by atoms with Crippen molar-refractivity contribution in [2.45, 2.75) is 0 Å². The minimum absolute atomic E-state index is 0.00853. The minimum atomic E-state index is 0.00853. The van der Waals surface area contributed by atoms with Gasteiger partial charge in [-0.15, -0.1) is 10.2 Å². The molecule has 0 atom stereocenters. The van der Waals surface area contributed by atoms with Crippen LogP contribution in [0.25, 0.3) is 17.0 Å². The summed E-state index contributed by atoms with van der Waals surface area (Å²) in [5, 5.41) is 9.20. The van der Waals surface area contributed by atoms with E-state index < -0.39 is 0 Å². The van der Waals surface area contributed by atoms with E-state index >= 15 is 0 Å². The van der Waals surface area contributed by atoms with Crippen molar-refractivity contribution in [2.75, 3.05) is 31.1 Å². The highest BCUT2D eigenvalue weighted by molar-refractivity contribution is 6.30. The van der Waals surface area contributed by atoms with E-state index in [4.69, 9.17) is 11.6 Å². The molecule has 0 aliphatic carbocycles. The van der Waals surface area contributed by atoms with Gasteiger partial charge < -0.3 is 9.80 Å². The SMILES string of the molecule is O=C(c1ccn2c(-c3ccc(Cl)cc3)nnc2c1)N1CCN(c2ccccn2)CC1. The van der Waals surface area contributed by atoms with Crippen LogP contribution in [0.3, 0.4) is 0 Å². The lowest BCUT2D eigenvalue weighted by molar-refractivity contribution is 0.0746. The maximum absolute atomic E-state index is 13.0. The van der Waals surface area contributed by atoms with Crippen LogP contribution in [-0.4, -0.2) is 56.6 Å². The van der Waals surface area contributed by atoms with Crippen molar-refractivity contribution in [1.82, 2.24) is 24.5 Å². The van der Waals surface area contributed by atoms with Gasteiger partial charge in [0.1, 0.15) is 5.82 Å². The molecule has 3 aromatic heterocycles. The van der Waals surface area contributed by atoms with Crippen molar-refractivity contribution in [3.05, 3.63) is 77.6 Å². The number of benzene rings is 1. The smallest absolute Gasteiger partial charge is 0.254 e. The Bertz CT molecular complexity index is 1180. The Morgan fingerprint density at radius 3 is 2.47 bits per heavy atom. The van der Waals surface area contributed by atoms with E-state index in [-0.39, 0.29) is 5.91 Å². The molecule has 4 heterocycles. The Morgan fingerprint density at radius 2 is 1.73 bits per heavy atom. The molecule has 0 spiro atoms. The van der Waals surface area contributed by atoms with Gasteiger partial charge in [-0.3, -0.25) is 9.20 Å². The van der Waals surface area contributed by atoms with E-state index in [1.54, 1.807) is 12.3 Å². The predicted octanol–water partition coefficient (Wildman–Crippen LogP) is 3.41. The van der Waals surface area contributed by atoms with Crippen molar-refractivity contribution in [3.8, 4) is 11.4 Å². The lowest BCUT2D eigenvalue weighted by Crippen LogP contribution is -2.49. The van der Waals surface area contributed by atoms with Gasteiger partial charge in [0.15, 0.2) is 11.5 Å². The lowest BCUT2D eigenvalue weighted by Gasteiger charge is -2.35. The standard InChI is InChI=1S/C22H19ClN6O/c23-18-6-4-16(5-7-18)21-26-25-20-15-17(8-10-29(20)21)22(30)28-13-11-27(12-14-28)19-3-1-2-9-24-19/h1-10,15H,11-14H2. The van der Waals surface area contributed by atoms with Gasteiger partial charge in [0.25, 0.3) is 5.91 Å². The van der Waals surface area contributed by atoms with Crippen molar-refractivity contribution in [1.29, 1.82) is 0 Å². The molecule has 0 radical (unpaired) electrons. The maximum atomic E-state index is 13.0. The zero-order valence-electron chi connectivity index (χ0n) is 16.1. The average Bonchev–Trinajstić information content (AvgIpc) is 3.23. The van der Waals surface area contributed by atoms with Gasteiger partial charge in [0.05, 0.1) is 0 Å². The number of amides is 1. The minimum Gasteiger partial charge on any atom is -0.353 e. The first-order valence-corrected chi connectivity index (χ1v) is 10.1. The number of hydrogen-bond donors (Lipinski definition) is 0. The largest absolute Gasteiger partial charge is 0.353 e. The number of fused-ring (bicyclic) bond motifs is 1. The first-order chi connectivity index (χ1) is 14.7. The number of halogens is 1. The summed E-state index contributed by atoms with van der Waals surface area (Å²) in [5.74, 6) is 1.67. The van der Waals surface area contributed by atoms with Crippen LogP contribution in [-0.2, 0) is 0 Å². The summed E-state index contributed by atoms with van der Waals surface area (Å²) >= 11 is 5.97. The molecule has 30 heavy (non-hydrogen) atoms. The van der Waals surface area contributed by atoms with E-state index in [0.29, 0.717) is 35.1 Å². The molecule has 1 aliphatic rings. The molecule has 8 heteroatoms. The van der Waals surface area contributed by atoms with E-state index in [1.165, 1.54) is 0 Å². The first-order valence-electron chi connectivity index (χ1n) is 9.75. The molecule has 0 saturated carbocycles. The third-order valence-corrected chi connectivity index (χ3v) is 5.55. The van der Waals surface area contributed by atoms with E-state index in [2.05, 4.69) is 20.1 Å². The van der Waals surface area contributed by atoms with Crippen LogP contribution in [0.4, 0.5) is 5.82 Å². The van der Waals surface area contributed by atoms with Crippen molar-refractivity contribution < 1.29 is 4.79 Å². The quantitative estimate of drug-likeness (QED) is 0.510. The molecule has 1 aromatic carbocycles. The van der Waals surface area contributed by atoms with Gasteiger partial charge in [-0.05, 0) is 48.5 Å². The number of nitrogens with zero attached hydrogens (tertiary/aromatic N) is 6. The summed E-state index contributed by atoms with van der Waals surface area (Å²) in [6.45, 7) is 2.83. The molecular weight excluding hydrogens is 400 g/mol. The molecule has 0 N–H and O–H groups in total. The van der Waals surface area contributed by atoms with Crippen LogP contribution in [0.2, 0.25) is 5.02 Å². The van der Waals surface area contributed by atoms with Crippen LogP contribution >= 0.6 is 11.6 Å². The third kappa shape index (κ3) is 3.48. The molecule has 5 rings (SSSR count). The summed E-state index contributed by atoms with van der Waals surface area (Å²) in [4.78, 5) is 21.5. The number of aromatic nitrogens is 4. The van der Waals surface area contributed by atoms with E-state index in [1.807, 2.05) is 64.0 Å². The summed E-state index contributed by atoms with van der Waals surface area (Å²) in [6.07, 6.45) is 3.63. The molecule has 1 fully saturated rings. The van der Waals surface area contributed by atoms with Gasteiger partial charge in [0, 0.05) is 54.7 Å². The molecule has 0 unspecified atom stereocenters. The number of hydrogen-bond acceptors (Lipinski definition) is 5. The Kier molecular flexibility index (Phi) is 4.80. The summed E-state index contributed by atoms with van der Waals surface area (Å²) in [5.41, 5.74) is 2.17. The number of pyridine rings is 2. The zero-order valence-corrected chi connectivity index (χ0v) is 16.9. The molecule has 4 aromatic rings. The fraction of sp³-hybridized carbons (Fsp3) is 0.182. The fourth-order valence-corrected chi connectivity index (χ4v) is 3.81. The van der Waals surface area contributed by atoms with Crippen molar-refractivity contribution in [3.63, 3.8) is 0 Å². The van der Waals surface area contributed by atoms with Crippen LogP contribution in [0, 0.1) is 0 Å². The molecule has 1 aliphatic heterocycles. The third-order valence-electron chi connectivity index (χ3n) is 5.30. The van der Waals surface area contributed by atoms with Crippen LogP contribution in [0.15, 0.2) is 67.0 Å². The number of piperazine rings is 1. The Labute approximate surface area is 178 Å². The van der Waals surface area contributed by atoms with Crippen LogP contribution < -0.4 is 4.90 Å². The molecular formula is C22H19ClN6O. The van der Waals surface area contributed by atoms with Gasteiger partial charge in [-0.2, -0.15) is 0 Å². The first kappa shape index (κ1) is 18.6. The highest BCUT2D eigenvalue weighted by Crippen LogP contribution is 2.22. The second-order valence-electron chi connectivity index (χ2n) is 7.14. The van der Waals surface area contributed by atoms with Gasteiger partial charge >= 0.3 is 0 Å². The lowest BCUT2D eigenvalue weighted by atomic mass is 10.2. The van der Waals surface area contributed by atoms with E-state index in [0.717, 1.165) is 24.5 Å². The molecule has 7 nitrogen and oxygen atoms in total. The molecule has 1 saturated heterocycles. The normalized spacial score (nSPS) is 14.3. The average molecular weight is 419 g/mol. The number of anilines is 1. The maximum Gasteiger partial charge on any atom is 0.254 e. The Morgan fingerprint density at radius 1 is 0.933 bits per heavy atom.